The molecule has 152 valence electrons. The van der Waals surface area contributed by atoms with Gasteiger partial charge in [0.05, 0.1) is 6.54 Å². The lowest BCUT2D eigenvalue weighted by molar-refractivity contribution is 0.210. The molecule has 0 saturated heterocycles. The molecule has 1 unspecified atom stereocenters. The van der Waals surface area contributed by atoms with Gasteiger partial charge in [-0.2, -0.15) is 0 Å². The lowest BCUT2D eigenvalue weighted by atomic mass is 10.2. The summed E-state index contributed by atoms with van der Waals surface area (Å²) in [5.41, 5.74) is 2.24. The van der Waals surface area contributed by atoms with Crippen LogP contribution in [-0.2, 0) is 0 Å². The van der Waals surface area contributed by atoms with Crippen molar-refractivity contribution in [3.63, 3.8) is 0 Å². The summed E-state index contributed by atoms with van der Waals surface area (Å²) < 4.78 is 17.6. The van der Waals surface area contributed by atoms with Crippen molar-refractivity contribution < 1.29 is 14.2 Å². The Kier molecular flexibility index (Phi) is 7.81. The first-order chi connectivity index (χ1) is 14.2. The average molecular weight is 392 g/mol. The van der Waals surface area contributed by atoms with Crippen LogP contribution in [0.3, 0.4) is 0 Å². The lowest BCUT2D eigenvalue weighted by Gasteiger charge is -2.19. The lowest BCUT2D eigenvalue weighted by Crippen LogP contribution is -2.25. The molecule has 0 saturated carbocycles. The Morgan fingerprint density at radius 3 is 2.17 bits per heavy atom. The quantitative estimate of drug-likeness (QED) is 0.424. The standard InChI is InChI=1S/C25H29NO3/c1-3-22(29-24-14-12-20(2)13-15-24)19-26-21-8-7-11-25(18-21)28-17-16-27-23-9-5-4-6-10-23/h4-15,18,22,26H,3,16-17,19H2,1-2H3. The second-order valence-corrected chi connectivity index (χ2v) is 6.88. The zero-order valence-electron chi connectivity index (χ0n) is 17.1. The van der Waals surface area contributed by atoms with Gasteiger partial charge in [0.1, 0.15) is 36.6 Å². The molecule has 3 rings (SSSR count). The minimum absolute atomic E-state index is 0.0987. The molecule has 0 aromatic heterocycles. The molecule has 0 aliphatic rings. The Bertz CT molecular complexity index is 849. The maximum absolute atomic E-state index is 6.08. The highest BCUT2D eigenvalue weighted by molar-refractivity contribution is 5.48. The van der Waals surface area contributed by atoms with Crippen molar-refractivity contribution in [3.8, 4) is 17.2 Å². The topological polar surface area (TPSA) is 39.7 Å². The fourth-order valence-corrected chi connectivity index (χ4v) is 2.84. The molecule has 1 N–H and O–H groups in total. The average Bonchev–Trinajstić information content (AvgIpc) is 2.76. The second-order valence-electron chi connectivity index (χ2n) is 6.88. The summed E-state index contributed by atoms with van der Waals surface area (Å²) in [6, 6.07) is 25.9. The summed E-state index contributed by atoms with van der Waals surface area (Å²) in [4.78, 5) is 0. The summed E-state index contributed by atoms with van der Waals surface area (Å²) in [6.07, 6.45) is 1.02. The van der Waals surface area contributed by atoms with Gasteiger partial charge in [-0.15, -0.1) is 0 Å². The van der Waals surface area contributed by atoms with E-state index in [0.29, 0.717) is 13.2 Å². The normalized spacial score (nSPS) is 11.5. The smallest absolute Gasteiger partial charge is 0.122 e. The Morgan fingerprint density at radius 1 is 0.759 bits per heavy atom. The summed E-state index contributed by atoms with van der Waals surface area (Å²) in [5, 5.41) is 3.45. The van der Waals surface area contributed by atoms with E-state index in [-0.39, 0.29) is 6.10 Å². The minimum atomic E-state index is 0.0987. The van der Waals surface area contributed by atoms with E-state index in [0.717, 1.165) is 35.9 Å². The Balaban J connectivity index is 1.44. The first-order valence-corrected chi connectivity index (χ1v) is 10.1. The van der Waals surface area contributed by atoms with Gasteiger partial charge in [0.2, 0.25) is 0 Å². The number of benzene rings is 3. The van der Waals surface area contributed by atoms with E-state index in [9.17, 15) is 0 Å². The maximum atomic E-state index is 6.08. The van der Waals surface area contributed by atoms with E-state index in [1.165, 1.54) is 5.56 Å². The van der Waals surface area contributed by atoms with E-state index < -0.39 is 0 Å². The second kappa shape index (κ2) is 11.0. The molecular weight excluding hydrogens is 362 g/mol. The molecular formula is C25H29NO3. The largest absolute Gasteiger partial charge is 0.490 e. The third-order valence-electron chi connectivity index (χ3n) is 4.51. The summed E-state index contributed by atoms with van der Waals surface area (Å²) in [6.45, 7) is 5.93. The van der Waals surface area contributed by atoms with Gasteiger partial charge in [0, 0.05) is 11.8 Å². The highest BCUT2D eigenvalue weighted by Gasteiger charge is 2.08. The fraction of sp³-hybridized carbons (Fsp3) is 0.280. The highest BCUT2D eigenvalue weighted by atomic mass is 16.5. The van der Waals surface area contributed by atoms with E-state index in [4.69, 9.17) is 14.2 Å². The third-order valence-corrected chi connectivity index (χ3v) is 4.51. The van der Waals surface area contributed by atoms with Crippen LogP contribution in [0.25, 0.3) is 0 Å². The van der Waals surface area contributed by atoms with Crippen LogP contribution in [0.2, 0.25) is 0 Å². The van der Waals surface area contributed by atoms with Gasteiger partial charge in [0.25, 0.3) is 0 Å². The summed E-state index contributed by atoms with van der Waals surface area (Å²) in [7, 11) is 0. The molecule has 0 radical (unpaired) electrons. The van der Waals surface area contributed by atoms with Gasteiger partial charge in [-0.3, -0.25) is 0 Å². The van der Waals surface area contributed by atoms with Crippen LogP contribution < -0.4 is 19.5 Å². The van der Waals surface area contributed by atoms with Crippen molar-refractivity contribution >= 4 is 5.69 Å². The zero-order chi connectivity index (χ0) is 20.3. The number of anilines is 1. The first-order valence-electron chi connectivity index (χ1n) is 10.1. The fourth-order valence-electron chi connectivity index (χ4n) is 2.84. The van der Waals surface area contributed by atoms with Crippen molar-refractivity contribution in [3.05, 3.63) is 84.4 Å². The van der Waals surface area contributed by atoms with Crippen LogP contribution in [0, 0.1) is 6.92 Å². The number of hydrogen-bond acceptors (Lipinski definition) is 4. The van der Waals surface area contributed by atoms with Crippen molar-refractivity contribution in [1.82, 2.24) is 0 Å². The van der Waals surface area contributed by atoms with Gasteiger partial charge in [-0.25, -0.2) is 0 Å². The molecule has 0 amide bonds. The van der Waals surface area contributed by atoms with Gasteiger partial charge in [0.15, 0.2) is 0 Å². The number of aryl methyl sites for hydroxylation is 1. The molecule has 3 aromatic rings. The van der Waals surface area contributed by atoms with E-state index in [1.54, 1.807) is 0 Å². The maximum Gasteiger partial charge on any atom is 0.122 e. The molecule has 0 heterocycles. The predicted octanol–water partition coefficient (Wildman–Crippen LogP) is 5.72. The molecule has 0 spiro atoms. The van der Waals surface area contributed by atoms with Gasteiger partial charge in [-0.05, 0) is 49.7 Å². The SMILES string of the molecule is CCC(CNc1cccc(OCCOc2ccccc2)c1)Oc1ccc(C)cc1. The van der Waals surface area contributed by atoms with Crippen molar-refractivity contribution in [2.45, 2.75) is 26.4 Å². The molecule has 0 aliphatic heterocycles. The molecule has 4 heteroatoms. The van der Waals surface area contributed by atoms with Crippen molar-refractivity contribution in [2.75, 3.05) is 25.1 Å². The van der Waals surface area contributed by atoms with Gasteiger partial charge in [-0.1, -0.05) is 48.9 Å². The summed E-state index contributed by atoms with van der Waals surface area (Å²) in [5.74, 6) is 2.57. The van der Waals surface area contributed by atoms with E-state index in [1.807, 2.05) is 66.7 Å². The third kappa shape index (κ3) is 7.07. The number of para-hydroxylation sites is 1. The highest BCUT2D eigenvalue weighted by Crippen LogP contribution is 2.19. The number of ether oxygens (including phenoxy) is 3. The molecule has 1 atom stereocenters. The Labute approximate surface area is 173 Å². The van der Waals surface area contributed by atoms with Gasteiger partial charge >= 0.3 is 0 Å². The number of nitrogens with one attached hydrogen (secondary N) is 1. The van der Waals surface area contributed by atoms with E-state index >= 15 is 0 Å². The molecule has 4 nitrogen and oxygen atoms in total. The molecule has 29 heavy (non-hydrogen) atoms. The van der Waals surface area contributed by atoms with Crippen LogP contribution in [0.1, 0.15) is 18.9 Å². The predicted molar refractivity (Wildman–Crippen MR) is 118 cm³/mol. The zero-order valence-corrected chi connectivity index (χ0v) is 17.1. The summed E-state index contributed by atoms with van der Waals surface area (Å²) >= 11 is 0. The van der Waals surface area contributed by atoms with Crippen LogP contribution in [0.4, 0.5) is 5.69 Å². The van der Waals surface area contributed by atoms with E-state index in [2.05, 4.69) is 31.3 Å². The number of hydrogen-bond donors (Lipinski definition) is 1. The van der Waals surface area contributed by atoms with Crippen LogP contribution >= 0.6 is 0 Å². The molecule has 3 aromatic carbocycles. The Morgan fingerprint density at radius 2 is 1.45 bits per heavy atom. The van der Waals surface area contributed by atoms with Crippen LogP contribution in [-0.4, -0.2) is 25.9 Å². The van der Waals surface area contributed by atoms with Crippen molar-refractivity contribution in [1.29, 1.82) is 0 Å². The van der Waals surface area contributed by atoms with Crippen molar-refractivity contribution in [2.24, 2.45) is 0 Å². The molecule has 0 aliphatic carbocycles. The van der Waals surface area contributed by atoms with Crippen LogP contribution in [0.15, 0.2) is 78.9 Å². The van der Waals surface area contributed by atoms with Crippen LogP contribution in [0.5, 0.6) is 17.2 Å². The Hall–Kier alpha value is -3.14. The molecule has 0 fully saturated rings. The number of rotatable bonds is 11. The molecule has 0 bridgehead atoms. The first kappa shape index (κ1) is 20.6. The monoisotopic (exact) mass is 391 g/mol. The minimum Gasteiger partial charge on any atom is -0.490 e. The van der Waals surface area contributed by atoms with Gasteiger partial charge < -0.3 is 19.5 Å².